The zero-order chi connectivity index (χ0) is 12.0. The molecule has 96 valence electrons. The molecule has 0 aromatic rings. The minimum Gasteiger partial charge on any atom is -0.313 e. The molecule has 0 aromatic carbocycles. The Morgan fingerprint density at radius 2 is 2.00 bits per heavy atom. The molecule has 16 heavy (non-hydrogen) atoms. The van der Waals surface area contributed by atoms with Crippen LogP contribution in [0.1, 0.15) is 33.1 Å². The van der Waals surface area contributed by atoms with Crippen molar-refractivity contribution in [3.8, 4) is 0 Å². The molecule has 1 N–H and O–H groups in total. The molecule has 1 aliphatic rings. The van der Waals surface area contributed by atoms with Gasteiger partial charge >= 0.3 is 0 Å². The summed E-state index contributed by atoms with van der Waals surface area (Å²) in [5.41, 5.74) is 0. The van der Waals surface area contributed by atoms with Gasteiger partial charge in [-0.2, -0.15) is 0 Å². The molecule has 2 unspecified atom stereocenters. The summed E-state index contributed by atoms with van der Waals surface area (Å²) in [5, 5.41) is 3.67. The number of rotatable bonds is 6. The summed E-state index contributed by atoms with van der Waals surface area (Å²) >= 11 is 0. The van der Waals surface area contributed by atoms with Crippen molar-refractivity contribution in [3.63, 3.8) is 0 Å². The summed E-state index contributed by atoms with van der Waals surface area (Å²) in [6, 6.07) is 1.35. The molecule has 0 saturated carbocycles. The Kier molecular flexibility index (Phi) is 6.32. The van der Waals surface area contributed by atoms with E-state index in [4.69, 9.17) is 0 Å². The van der Waals surface area contributed by atoms with Gasteiger partial charge in [0.15, 0.2) is 0 Å². The predicted octanol–water partition coefficient (Wildman–Crippen LogP) is 1.40. The Morgan fingerprint density at radius 3 is 2.62 bits per heavy atom. The van der Waals surface area contributed by atoms with Crippen molar-refractivity contribution in [1.29, 1.82) is 0 Å². The summed E-state index contributed by atoms with van der Waals surface area (Å²) < 4.78 is 0. The molecule has 1 heterocycles. The fourth-order valence-electron chi connectivity index (χ4n) is 2.60. The summed E-state index contributed by atoms with van der Waals surface area (Å²) in [5.74, 6) is 0. The highest BCUT2D eigenvalue weighted by atomic mass is 15.3. The lowest BCUT2D eigenvalue weighted by atomic mass is 9.98. The Labute approximate surface area is 101 Å². The first-order chi connectivity index (χ1) is 7.69. The van der Waals surface area contributed by atoms with Crippen molar-refractivity contribution < 1.29 is 0 Å². The maximum absolute atomic E-state index is 3.67. The van der Waals surface area contributed by atoms with Crippen molar-refractivity contribution in [1.82, 2.24) is 15.1 Å². The molecule has 0 aliphatic carbocycles. The summed E-state index contributed by atoms with van der Waals surface area (Å²) in [6.45, 7) is 9.19. The van der Waals surface area contributed by atoms with Crippen LogP contribution in [0.15, 0.2) is 0 Å². The molecule has 3 nitrogen and oxygen atoms in total. The average molecular weight is 227 g/mol. The van der Waals surface area contributed by atoms with E-state index in [0.717, 1.165) is 6.54 Å². The third-order valence-corrected chi connectivity index (χ3v) is 3.70. The number of hydrogen-bond acceptors (Lipinski definition) is 3. The molecule has 1 fully saturated rings. The van der Waals surface area contributed by atoms with Crippen molar-refractivity contribution in [2.24, 2.45) is 0 Å². The van der Waals surface area contributed by atoms with Crippen molar-refractivity contribution in [2.75, 3.05) is 40.3 Å². The van der Waals surface area contributed by atoms with Crippen LogP contribution in [0.25, 0.3) is 0 Å². The molecule has 0 radical (unpaired) electrons. The normalized spacial score (nSPS) is 25.9. The van der Waals surface area contributed by atoms with Crippen LogP contribution < -0.4 is 5.32 Å². The number of hydrogen-bond donors (Lipinski definition) is 1. The highest BCUT2D eigenvalue weighted by Crippen LogP contribution is 2.14. The molecule has 1 aliphatic heterocycles. The van der Waals surface area contributed by atoms with E-state index in [-0.39, 0.29) is 0 Å². The van der Waals surface area contributed by atoms with Crippen LogP contribution >= 0.6 is 0 Å². The van der Waals surface area contributed by atoms with Crippen molar-refractivity contribution in [3.05, 3.63) is 0 Å². The third-order valence-electron chi connectivity index (χ3n) is 3.70. The van der Waals surface area contributed by atoms with Gasteiger partial charge in [0.05, 0.1) is 0 Å². The van der Waals surface area contributed by atoms with E-state index in [0.29, 0.717) is 12.1 Å². The van der Waals surface area contributed by atoms with E-state index >= 15 is 0 Å². The largest absolute Gasteiger partial charge is 0.313 e. The van der Waals surface area contributed by atoms with E-state index in [9.17, 15) is 0 Å². The predicted molar refractivity (Wildman–Crippen MR) is 70.9 cm³/mol. The van der Waals surface area contributed by atoms with Crippen LogP contribution in [0.4, 0.5) is 0 Å². The standard InChI is InChI=1S/C13H29N3/c1-5-7-8-12(14-6-2)13-11-15(3)9-10-16(13)4/h12-14H,5-11H2,1-4H3. The van der Waals surface area contributed by atoms with Crippen LogP contribution in [-0.2, 0) is 0 Å². The SMILES string of the molecule is CCCCC(NCC)C1CN(C)CCN1C. The highest BCUT2D eigenvalue weighted by Gasteiger charge is 2.28. The lowest BCUT2D eigenvalue weighted by Gasteiger charge is -2.42. The molecule has 0 spiro atoms. The summed E-state index contributed by atoms with van der Waals surface area (Å²) in [4.78, 5) is 4.99. The molecular weight excluding hydrogens is 198 g/mol. The maximum Gasteiger partial charge on any atom is 0.0373 e. The smallest absolute Gasteiger partial charge is 0.0373 e. The lowest BCUT2D eigenvalue weighted by molar-refractivity contribution is 0.0851. The average Bonchev–Trinajstić information content (AvgIpc) is 2.28. The molecule has 0 aromatic heterocycles. The number of piperazine rings is 1. The van der Waals surface area contributed by atoms with Gasteiger partial charge in [-0.05, 0) is 27.1 Å². The first-order valence-electron chi connectivity index (χ1n) is 6.81. The maximum atomic E-state index is 3.67. The van der Waals surface area contributed by atoms with Crippen LogP contribution in [0, 0.1) is 0 Å². The first-order valence-corrected chi connectivity index (χ1v) is 6.81. The van der Waals surface area contributed by atoms with E-state index in [2.05, 4.69) is 43.1 Å². The Morgan fingerprint density at radius 1 is 1.25 bits per heavy atom. The minimum atomic E-state index is 0.665. The quantitative estimate of drug-likeness (QED) is 0.740. The van der Waals surface area contributed by atoms with Gasteiger partial charge in [-0.15, -0.1) is 0 Å². The van der Waals surface area contributed by atoms with Gasteiger partial charge in [0.1, 0.15) is 0 Å². The van der Waals surface area contributed by atoms with Crippen molar-refractivity contribution >= 4 is 0 Å². The topological polar surface area (TPSA) is 18.5 Å². The summed E-state index contributed by atoms with van der Waals surface area (Å²) in [7, 11) is 4.51. The van der Waals surface area contributed by atoms with Crippen molar-refractivity contribution in [2.45, 2.75) is 45.2 Å². The second kappa shape index (κ2) is 7.25. The molecular formula is C13H29N3. The van der Waals surface area contributed by atoms with Gasteiger partial charge in [-0.3, -0.25) is 4.90 Å². The van der Waals surface area contributed by atoms with Gasteiger partial charge in [0.2, 0.25) is 0 Å². The van der Waals surface area contributed by atoms with Gasteiger partial charge in [0.25, 0.3) is 0 Å². The fourth-order valence-corrected chi connectivity index (χ4v) is 2.60. The zero-order valence-electron chi connectivity index (χ0n) is 11.5. The number of likely N-dealkylation sites (N-methyl/N-ethyl adjacent to an activating group) is 3. The van der Waals surface area contributed by atoms with Gasteiger partial charge in [-0.25, -0.2) is 0 Å². The van der Waals surface area contributed by atoms with E-state index in [1.807, 2.05) is 0 Å². The number of nitrogens with zero attached hydrogens (tertiary/aromatic N) is 2. The van der Waals surface area contributed by atoms with Gasteiger partial charge in [-0.1, -0.05) is 26.7 Å². The van der Waals surface area contributed by atoms with Crippen LogP contribution in [0.2, 0.25) is 0 Å². The second-order valence-corrected chi connectivity index (χ2v) is 5.12. The van der Waals surface area contributed by atoms with E-state index in [1.165, 1.54) is 38.9 Å². The second-order valence-electron chi connectivity index (χ2n) is 5.12. The van der Waals surface area contributed by atoms with Gasteiger partial charge < -0.3 is 10.2 Å². The zero-order valence-corrected chi connectivity index (χ0v) is 11.5. The fraction of sp³-hybridized carbons (Fsp3) is 1.00. The molecule has 0 bridgehead atoms. The lowest BCUT2D eigenvalue weighted by Crippen LogP contribution is -2.58. The Bertz CT molecular complexity index is 184. The third kappa shape index (κ3) is 4.04. The number of nitrogens with one attached hydrogen (secondary N) is 1. The molecule has 1 saturated heterocycles. The van der Waals surface area contributed by atoms with Crippen LogP contribution in [-0.4, -0.2) is 62.2 Å². The van der Waals surface area contributed by atoms with E-state index < -0.39 is 0 Å². The number of unbranched alkanes of at least 4 members (excludes halogenated alkanes) is 1. The van der Waals surface area contributed by atoms with Gasteiger partial charge in [0, 0.05) is 31.7 Å². The first kappa shape index (κ1) is 13.9. The molecule has 1 rings (SSSR count). The Hall–Kier alpha value is -0.120. The minimum absolute atomic E-state index is 0.665. The van der Waals surface area contributed by atoms with E-state index in [1.54, 1.807) is 0 Å². The monoisotopic (exact) mass is 227 g/mol. The molecule has 3 heteroatoms. The Balaban J connectivity index is 2.52. The highest BCUT2D eigenvalue weighted by molar-refractivity contribution is 4.88. The molecule has 2 atom stereocenters. The summed E-state index contributed by atoms with van der Waals surface area (Å²) in [6.07, 6.45) is 3.95. The van der Waals surface area contributed by atoms with Crippen LogP contribution in [0.5, 0.6) is 0 Å². The van der Waals surface area contributed by atoms with Crippen LogP contribution in [0.3, 0.4) is 0 Å². The molecule has 0 amide bonds.